The van der Waals surface area contributed by atoms with Gasteiger partial charge in [0.15, 0.2) is 0 Å². The molecule has 166 valence electrons. The number of anilines is 1. The van der Waals surface area contributed by atoms with Crippen LogP contribution < -0.4 is 9.62 Å². The third kappa shape index (κ3) is 5.34. The number of sulfonamides is 1. The summed E-state index contributed by atoms with van der Waals surface area (Å²) in [6.45, 7) is 4.22. The number of rotatable bonds is 10. The highest BCUT2D eigenvalue weighted by molar-refractivity contribution is 7.93. The van der Waals surface area contributed by atoms with Crippen molar-refractivity contribution in [2.45, 2.75) is 63.3 Å². The van der Waals surface area contributed by atoms with Gasteiger partial charge in [-0.15, -0.1) is 0 Å². The van der Waals surface area contributed by atoms with Gasteiger partial charge in [0.1, 0.15) is 11.8 Å². The molecule has 0 fully saturated rings. The number of Topliss-reactive ketones (excluding diaryl/α,β-unsaturated/α-hetero) is 1. The first kappa shape index (κ1) is 23.0. The van der Waals surface area contributed by atoms with Crippen LogP contribution in [0.25, 0.3) is 0 Å². The second-order valence-electron chi connectivity index (χ2n) is 7.96. The predicted molar refractivity (Wildman–Crippen MR) is 122 cm³/mol. The molecule has 0 aromatic heterocycles. The highest BCUT2D eigenvalue weighted by Gasteiger charge is 2.42. The van der Waals surface area contributed by atoms with Crippen molar-refractivity contribution < 1.29 is 18.0 Å². The lowest BCUT2D eigenvalue weighted by atomic mass is 10.1. The van der Waals surface area contributed by atoms with Crippen molar-refractivity contribution in [2.24, 2.45) is 0 Å². The minimum Gasteiger partial charge on any atom is -0.354 e. The van der Waals surface area contributed by atoms with Gasteiger partial charge in [-0.25, -0.2) is 8.42 Å². The first-order valence-corrected chi connectivity index (χ1v) is 12.3. The summed E-state index contributed by atoms with van der Waals surface area (Å²) in [7, 11) is -3.88. The van der Waals surface area contributed by atoms with E-state index in [0.717, 1.165) is 30.4 Å². The summed E-state index contributed by atoms with van der Waals surface area (Å²) in [5.41, 5.74) is 2.37. The maximum Gasteiger partial charge on any atom is 0.265 e. The third-order valence-electron chi connectivity index (χ3n) is 5.63. The lowest BCUT2D eigenvalue weighted by Gasteiger charge is -2.26. The molecule has 1 unspecified atom stereocenters. The van der Waals surface area contributed by atoms with Crippen LogP contribution in [0, 0.1) is 6.92 Å². The summed E-state index contributed by atoms with van der Waals surface area (Å²) < 4.78 is 28.2. The average molecular weight is 443 g/mol. The minimum absolute atomic E-state index is 0.174. The zero-order valence-corrected chi connectivity index (χ0v) is 19.0. The van der Waals surface area contributed by atoms with Gasteiger partial charge < -0.3 is 5.32 Å². The first-order chi connectivity index (χ1) is 14.8. The molecule has 0 saturated heterocycles. The van der Waals surface area contributed by atoms with Crippen molar-refractivity contribution >= 4 is 27.4 Å². The zero-order chi connectivity index (χ0) is 22.4. The predicted octanol–water partition coefficient (Wildman–Crippen LogP) is 3.77. The van der Waals surface area contributed by atoms with E-state index < -0.39 is 16.1 Å². The summed E-state index contributed by atoms with van der Waals surface area (Å²) in [6, 6.07) is 13.1. The Hall–Kier alpha value is -2.67. The number of unbranched alkanes of at least 4 members (excludes halogenated alkanes) is 2. The molecule has 1 aliphatic heterocycles. The molecular formula is C24H30N2O4S. The maximum absolute atomic E-state index is 13.4. The third-order valence-corrected chi connectivity index (χ3v) is 7.47. The number of ketones is 1. The fourth-order valence-corrected chi connectivity index (χ4v) is 5.46. The van der Waals surface area contributed by atoms with Crippen LogP contribution in [0.5, 0.6) is 0 Å². The van der Waals surface area contributed by atoms with Crippen LogP contribution >= 0.6 is 0 Å². The number of para-hydroxylation sites is 1. The van der Waals surface area contributed by atoms with Crippen molar-refractivity contribution in [1.29, 1.82) is 0 Å². The maximum atomic E-state index is 13.4. The molecule has 1 N–H and O–H groups in total. The Morgan fingerprint density at radius 3 is 2.45 bits per heavy atom. The molecule has 0 bridgehead atoms. The van der Waals surface area contributed by atoms with Gasteiger partial charge in [-0.3, -0.25) is 13.9 Å². The van der Waals surface area contributed by atoms with Crippen LogP contribution in [0.4, 0.5) is 5.69 Å². The van der Waals surface area contributed by atoms with E-state index in [1.54, 1.807) is 36.4 Å². The first-order valence-electron chi connectivity index (χ1n) is 10.8. The van der Waals surface area contributed by atoms with Crippen LogP contribution in [0.15, 0.2) is 53.4 Å². The Morgan fingerprint density at radius 1 is 1.03 bits per heavy atom. The molecule has 0 radical (unpaired) electrons. The van der Waals surface area contributed by atoms with Gasteiger partial charge >= 0.3 is 0 Å². The Bertz CT molecular complexity index is 1030. The second-order valence-corrected chi connectivity index (χ2v) is 9.77. The number of carbonyl (C=O) groups is 2. The van der Waals surface area contributed by atoms with E-state index in [-0.39, 0.29) is 16.6 Å². The number of nitrogens with one attached hydrogen (secondary N) is 1. The number of benzene rings is 2. The van der Waals surface area contributed by atoms with E-state index in [1.165, 1.54) is 4.31 Å². The molecule has 31 heavy (non-hydrogen) atoms. The van der Waals surface area contributed by atoms with Crippen LogP contribution in [-0.4, -0.2) is 32.7 Å². The summed E-state index contributed by atoms with van der Waals surface area (Å²) in [5.74, 6) is -0.0405. The fraction of sp³-hybridized carbons (Fsp3) is 0.417. The van der Waals surface area contributed by atoms with Gasteiger partial charge in [0.2, 0.25) is 5.91 Å². The molecule has 1 amide bonds. The Balaban J connectivity index is 1.71. The van der Waals surface area contributed by atoms with Gasteiger partial charge in [0.25, 0.3) is 10.0 Å². The molecule has 6 nitrogen and oxygen atoms in total. The number of hydrogen-bond acceptors (Lipinski definition) is 4. The Labute approximate surface area is 184 Å². The normalized spacial score (nSPS) is 15.5. The van der Waals surface area contributed by atoms with E-state index in [1.807, 2.05) is 26.0 Å². The Morgan fingerprint density at radius 2 is 1.74 bits per heavy atom. The van der Waals surface area contributed by atoms with Gasteiger partial charge in [-0.05, 0) is 43.5 Å². The van der Waals surface area contributed by atoms with Crippen molar-refractivity contribution in [2.75, 3.05) is 10.8 Å². The van der Waals surface area contributed by atoms with Crippen molar-refractivity contribution in [3.8, 4) is 0 Å². The molecule has 1 atom stereocenters. The molecule has 3 rings (SSSR count). The number of fused-ring (bicyclic) bond motifs is 1. The molecule has 2 aromatic rings. The highest BCUT2D eigenvalue weighted by atomic mass is 32.2. The SMILES string of the molecule is CCC(=O)CCCCCNC(=O)C1Cc2ccccc2N1S(=O)(=O)c1ccc(C)cc1. The van der Waals surface area contributed by atoms with Crippen LogP contribution in [-0.2, 0) is 26.0 Å². The molecule has 7 heteroatoms. The standard InChI is InChI=1S/C24H30N2O4S/c1-3-20(27)10-5-4-8-16-25-24(28)23-17-19-9-6-7-11-22(19)26(23)31(29,30)21-14-12-18(2)13-15-21/h6-7,9,11-15,23H,3-5,8,10,16-17H2,1-2H3,(H,25,28). The molecule has 2 aromatic carbocycles. The number of carbonyl (C=O) groups excluding carboxylic acids is 2. The smallest absolute Gasteiger partial charge is 0.265 e. The van der Waals surface area contributed by atoms with E-state index >= 15 is 0 Å². The van der Waals surface area contributed by atoms with E-state index in [4.69, 9.17) is 0 Å². The van der Waals surface area contributed by atoms with E-state index in [2.05, 4.69) is 5.32 Å². The van der Waals surface area contributed by atoms with E-state index in [9.17, 15) is 18.0 Å². The molecular weight excluding hydrogens is 412 g/mol. The zero-order valence-electron chi connectivity index (χ0n) is 18.1. The summed E-state index contributed by atoms with van der Waals surface area (Å²) in [4.78, 5) is 24.5. The molecule has 0 aliphatic carbocycles. The van der Waals surface area contributed by atoms with Crippen molar-refractivity contribution in [1.82, 2.24) is 5.32 Å². The summed E-state index contributed by atoms with van der Waals surface area (Å²) in [5, 5.41) is 2.89. The van der Waals surface area contributed by atoms with Crippen molar-refractivity contribution in [3.63, 3.8) is 0 Å². The number of nitrogens with zero attached hydrogens (tertiary/aromatic N) is 1. The summed E-state index contributed by atoms with van der Waals surface area (Å²) >= 11 is 0. The summed E-state index contributed by atoms with van der Waals surface area (Å²) in [6.07, 6.45) is 3.90. The monoisotopic (exact) mass is 442 g/mol. The minimum atomic E-state index is -3.88. The average Bonchev–Trinajstić information content (AvgIpc) is 3.16. The number of amides is 1. The lowest BCUT2D eigenvalue weighted by molar-refractivity contribution is -0.122. The van der Waals surface area contributed by atoms with Gasteiger partial charge in [-0.1, -0.05) is 49.2 Å². The van der Waals surface area contributed by atoms with Crippen LogP contribution in [0.1, 0.15) is 50.2 Å². The molecule has 1 aliphatic rings. The molecule has 0 spiro atoms. The fourth-order valence-electron chi connectivity index (χ4n) is 3.81. The van der Waals surface area contributed by atoms with Gasteiger partial charge in [0.05, 0.1) is 10.6 Å². The van der Waals surface area contributed by atoms with E-state index in [0.29, 0.717) is 31.5 Å². The van der Waals surface area contributed by atoms with Crippen LogP contribution in [0.3, 0.4) is 0 Å². The largest absolute Gasteiger partial charge is 0.354 e. The highest BCUT2D eigenvalue weighted by Crippen LogP contribution is 2.36. The van der Waals surface area contributed by atoms with Crippen LogP contribution in [0.2, 0.25) is 0 Å². The van der Waals surface area contributed by atoms with Gasteiger partial charge in [0, 0.05) is 25.8 Å². The van der Waals surface area contributed by atoms with Gasteiger partial charge in [-0.2, -0.15) is 0 Å². The Kier molecular flexibility index (Phi) is 7.49. The molecule has 0 saturated carbocycles. The quantitative estimate of drug-likeness (QED) is 0.568. The topological polar surface area (TPSA) is 83.6 Å². The number of hydrogen-bond donors (Lipinski definition) is 1. The molecule has 1 heterocycles. The second kappa shape index (κ2) is 10.1. The lowest BCUT2D eigenvalue weighted by Crippen LogP contribution is -2.48. The van der Waals surface area contributed by atoms with Crippen molar-refractivity contribution in [3.05, 3.63) is 59.7 Å². The number of aryl methyl sites for hydroxylation is 1.